The molecule has 0 radical (unpaired) electrons. The third-order valence-electron chi connectivity index (χ3n) is 3.60. The number of ketones is 1. The van der Waals surface area contributed by atoms with Gasteiger partial charge >= 0.3 is 0 Å². The predicted octanol–water partition coefficient (Wildman–Crippen LogP) is 2.75. The van der Waals surface area contributed by atoms with Gasteiger partial charge in [-0.1, -0.05) is 0 Å². The molecule has 6 nitrogen and oxygen atoms in total. The second-order valence-corrected chi connectivity index (χ2v) is 7.38. The van der Waals surface area contributed by atoms with Crippen LogP contribution in [0.5, 0.6) is 11.5 Å². The number of aliphatic hydroxyl groups excluding tert-OH is 1. The van der Waals surface area contributed by atoms with Crippen molar-refractivity contribution in [2.75, 3.05) is 11.0 Å². The first-order valence-corrected chi connectivity index (χ1v) is 9.03. The summed E-state index contributed by atoms with van der Waals surface area (Å²) in [5.41, 5.74) is 0.339. The molecule has 3 rings (SSSR count). The number of aliphatic hydroxyl groups is 1. The fourth-order valence-electron chi connectivity index (χ4n) is 2.55. The van der Waals surface area contributed by atoms with Gasteiger partial charge in [0.25, 0.3) is 0 Å². The van der Waals surface area contributed by atoms with Crippen LogP contribution in [0.2, 0.25) is 0 Å². The third-order valence-corrected chi connectivity index (χ3v) is 4.19. The number of benzene rings is 2. The Morgan fingerprint density at radius 1 is 1.20 bits per heavy atom. The average Bonchev–Trinajstić information content (AvgIpc) is 2.75. The lowest BCUT2D eigenvalue weighted by Crippen LogP contribution is -2.11. The number of carbonyl (C=O) groups excluding carboxylic acids is 1. The molecule has 2 aromatic rings. The molecule has 1 aliphatic carbocycles. The third kappa shape index (κ3) is 3.62. The summed E-state index contributed by atoms with van der Waals surface area (Å²) < 4.78 is 57.4. The van der Waals surface area contributed by atoms with Gasteiger partial charge in [0.05, 0.1) is 18.0 Å². The van der Waals surface area contributed by atoms with Gasteiger partial charge in [0.1, 0.15) is 5.82 Å². The summed E-state index contributed by atoms with van der Waals surface area (Å²) in [6.07, 6.45) is -0.286. The SMILES string of the molecule is CS(=O)(=O)Nc1cc2c(cc1Oc1ccc(F)cc1F)C(=O)CC2O. The zero-order chi connectivity index (χ0) is 18.4. The van der Waals surface area contributed by atoms with Gasteiger partial charge in [-0.05, 0) is 29.8 Å². The first-order valence-electron chi connectivity index (χ1n) is 7.14. The van der Waals surface area contributed by atoms with Crippen LogP contribution in [-0.4, -0.2) is 25.6 Å². The Morgan fingerprint density at radius 3 is 2.56 bits per heavy atom. The zero-order valence-electron chi connectivity index (χ0n) is 12.9. The molecule has 0 saturated carbocycles. The summed E-state index contributed by atoms with van der Waals surface area (Å²) in [5, 5.41) is 9.89. The Labute approximate surface area is 142 Å². The summed E-state index contributed by atoms with van der Waals surface area (Å²) in [4.78, 5) is 11.9. The molecule has 0 saturated heterocycles. The van der Waals surface area contributed by atoms with Crippen molar-refractivity contribution in [2.24, 2.45) is 0 Å². The van der Waals surface area contributed by atoms with E-state index in [4.69, 9.17) is 4.74 Å². The Kier molecular flexibility index (Phi) is 4.21. The lowest BCUT2D eigenvalue weighted by molar-refractivity contribution is 0.0930. The van der Waals surface area contributed by atoms with E-state index < -0.39 is 27.8 Å². The van der Waals surface area contributed by atoms with E-state index in [0.717, 1.165) is 18.4 Å². The number of hydrogen-bond acceptors (Lipinski definition) is 5. The van der Waals surface area contributed by atoms with Gasteiger partial charge in [-0.2, -0.15) is 0 Å². The molecule has 0 heterocycles. The minimum Gasteiger partial charge on any atom is -0.452 e. The van der Waals surface area contributed by atoms with Gasteiger partial charge < -0.3 is 9.84 Å². The molecular weight excluding hydrogens is 356 g/mol. The molecule has 0 amide bonds. The maximum absolute atomic E-state index is 13.8. The van der Waals surface area contributed by atoms with E-state index in [1.807, 2.05) is 0 Å². The molecule has 0 aromatic heterocycles. The van der Waals surface area contributed by atoms with E-state index in [1.165, 1.54) is 12.1 Å². The predicted molar refractivity (Wildman–Crippen MR) is 85.2 cm³/mol. The minimum atomic E-state index is -3.71. The van der Waals surface area contributed by atoms with Gasteiger partial charge in [-0.25, -0.2) is 17.2 Å². The summed E-state index contributed by atoms with van der Waals surface area (Å²) in [5.74, 6) is -2.62. The van der Waals surface area contributed by atoms with Crippen LogP contribution >= 0.6 is 0 Å². The van der Waals surface area contributed by atoms with Gasteiger partial charge in [-0.15, -0.1) is 0 Å². The fourth-order valence-corrected chi connectivity index (χ4v) is 3.11. The van der Waals surface area contributed by atoms with Gasteiger partial charge in [0.15, 0.2) is 23.1 Å². The molecule has 1 aliphatic rings. The van der Waals surface area contributed by atoms with Crippen molar-refractivity contribution < 1.29 is 31.8 Å². The molecule has 1 atom stereocenters. The number of sulfonamides is 1. The van der Waals surface area contributed by atoms with Crippen molar-refractivity contribution in [1.29, 1.82) is 0 Å². The average molecular weight is 369 g/mol. The van der Waals surface area contributed by atoms with Crippen molar-refractivity contribution in [2.45, 2.75) is 12.5 Å². The molecule has 2 aromatic carbocycles. The van der Waals surface area contributed by atoms with Crippen LogP contribution in [0, 0.1) is 11.6 Å². The molecule has 0 spiro atoms. The highest BCUT2D eigenvalue weighted by Gasteiger charge is 2.30. The van der Waals surface area contributed by atoms with E-state index in [1.54, 1.807) is 0 Å². The highest BCUT2D eigenvalue weighted by atomic mass is 32.2. The minimum absolute atomic E-state index is 0.0706. The number of ether oxygens (including phenoxy) is 1. The standard InChI is InChI=1S/C16H13F2NO5S/c1-25(22,23)19-12-5-9-10(14(21)7-13(9)20)6-16(12)24-15-3-2-8(17)4-11(15)18/h2-6,13,19-20H,7H2,1H3. The Bertz CT molecular complexity index is 975. The van der Waals surface area contributed by atoms with Gasteiger partial charge in [-0.3, -0.25) is 9.52 Å². The maximum atomic E-state index is 13.8. The molecule has 1 unspecified atom stereocenters. The van der Waals surface area contributed by atoms with Crippen LogP contribution in [0.25, 0.3) is 0 Å². The number of rotatable bonds is 4. The van der Waals surface area contributed by atoms with E-state index in [2.05, 4.69) is 4.72 Å². The summed E-state index contributed by atoms with van der Waals surface area (Å²) in [6, 6.07) is 5.12. The molecular formula is C16H13F2NO5S. The van der Waals surface area contributed by atoms with Crippen molar-refractivity contribution in [3.63, 3.8) is 0 Å². The van der Waals surface area contributed by atoms with Crippen LogP contribution in [-0.2, 0) is 10.0 Å². The largest absolute Gasteiger partial charge is 0.452 e. The molecule has 0 aliphatic heterocycles. The number of fused-ring (bicyclic) bond motifs is 1. The number of nitrogens with one attached hydrogen (secondary N) is 1. The van der Waals surface area contributed by atoms with E-state index in [-0.39, 0.29) is 40.5 Å². The van der Waals surface area contributed by atoms with Crippen LogP contribution in [0.1, 0.15) is 28.4 Å². The van der Waals surface area contributed by atoms with Crippen LogP contribution in [0.15, 0.2) is 30.3 Å². The monoisotopic (exact) mass is 369 g/mol. The number of hydrogen-bond donors (Lipinski definition) is 2. The molecule has 0 bridgehead atoms. The van der Waals surface area contributed by atoms with Crippen molar-refractivity contribution in [3.8, 4) is 11.5 Å². The number of anilines is 1. The summed E-state index contributed by atoms with van der Waals surface area (Å²) >= 11 is 0. The normalized spacial score (nSPS) is 16.6. The smallest absolute Gasteiger partial charge is 0.229 e. The van der Waals surface area contributed by atoms with E-state index in [9.17, 15) is 27.1 Å². The van der Waals surface area contributed by atoms with Crippen molar-refractivity contribution in [3.05, 3.63) is 53.1 Å². The topological polar surface area (TPSA) is 92.7 Å². The number of Topliss-reactive ketones (excluding diaryl/α,β-unsaturated/α-hetero) is 1. The highest BCUT2D eigenvalue weighted by Crippen LogP contribution is 2.40. The van der Waals surface area contributed by atoms with Crippen molar-refractivity contribution >= 4 is 21.5 Å². The summed E-state index contributed by atoms with van der Waals surface area (Å²) in [7, 11) is -3.71. The lowest BCUT2D eigenvalue weighted by Gasteiger charge is -2.15. The van der Waals surface area contributed by atoms with E-state index in [0.29, 0.717) is 6.07 Å². The molecule has 25 heavy (non-hydrogen) atoms. The lowest BCUT2D eigenvalue weighted by atomic mass is 10.1. The molecule has 0 fully saturated rings. The van der Waals surface area contributed by atoms with Crippen LogP contribution in [0.4, 0.5) is 14.5 Å². The first-order chi connectivity index (χ1) is 11.6. The van der Waals surface area contributed by atoms with Crippen molar-refractivity contribution in [1.82, 2.24) is 0 Å². The van der Waals surface area contributed by atoms with Crippen LogP contribution < -0.4 is 9.46 Å². The van der Waals surface area contributed by atoms with E-state index >= 15 is 0 Å². The Hall–Kier alpha value is -2.52. The number of carbonyl (C=O) groups is 1. The molecule has 132 valence electrons. The second kappa shape index (κ2) is 6.08. The second-order valence-electron chi connectivity index (χ2n) is 5.63. The quantitative estimate of drug-likeness (QED) is 0.865. The highest BCUT2D eigenvalue weighted by molar-refractivity contribution is 7.92. The zero-order valence-corrected chi connectivity index (χ0v) is 13.7. The van der Waals surface area contributed by atoms with Gasteiger partial charge in [0, 0.05) is 18.1 Å². The fraction of sp³-hybridized carbons (Fsp3) is 0.188. The summed E-state index contributed by atoms with van der Waals surface area (Å²) in [6.45, 7) is 0. The first kappa shape index (κ1) is 17.3. The maximum Gasteiger partial charge on any atom is 0.229 e. The molecule has 9 heteroatoms. The van der Waals surface area contributed by atoms with Crippen LogP contribution in [0.3, 0.4) is 0 Å². The molecule has 2 N–H and O–H groups in total. The Morgan fingerprint density at radius 2 is 1.92 bits per heavy atom. The van der Waals surface area contributed by atoms with Gasteiger partial charge in [0.2, 0.25) is 10.0 Å². The number of halogens is 2. The Balaban J connectivity index is 2.10.